The Balaban J connectivity index is 2.96. The van der Waals surface area contributed by atoms with E-state index < -0.39 is 0 Å². The Morgan fingerprint density at radius 3 is 2.56 bits per heavy atom. The Morgan fingerprint density at radius 2 is 2.00 bits per heavy atom. The predicted molar refractivity (Wildman–Crippen MR) is 79.9 cm³/mol. The lowest BCUT2D eigenvalue weighted by Crippen LogP contribution is -2.20. The summed E-state index contributed by atoms with van der Waals surface area (Å²) < 4.78 is 5.89. The fourth-order valence-corrected chi connectivity index (χ4v) is 2.04. The SMILES string of the molecule is C=CCc1cc(Cl)cc(Cl)c1OCC(C)(C)CC. The van der Waals surface area contributed by atoms with Crippen LogP contribution in [-0.2, 0) is 6.42 Å². The van der Waals surface area contributed by atoms with Crippen LogP contribution in [0.5, 0.6) is 5.75 Å². The molecule has 0 heterocycles. The molecule has 1 aromatic rings. The van der Waals surface area contributed by atoms with E-state index in [0.29, 0.717) is 23.1 Å². The molecule has 1 rings (SSSR count). The van der Waals surface area contributed by atoms with Crippen molar-refractivity contribution in [3.05, 3.63) is 40.4 Å². The monoisotopic (exact) mass is 286 g/mol. The molecule has 0 atom stereocenters. The van der Waals surface area contributed by atoms with Gasteiger partial charge in [0.25, 0.3) is 0 Å². The Kier molecular flexibility index (Phi) is 5.55. The van der Waals surface area contributed by atoms with Gasteiger partial charge in [0, 0.05) is 10.6 Å². The molecule has 0 fully saturated rings. The first-order valence-electron chi connectivity index (χ1n) is 6.11. The van der Waals surface area contributed by atoms with Crippen LogP contribution in [0.2, 0.25) is 10.0 Å². The van der Waals surface area contributed by atoms with Gasteiger partial charge in [0.2, 0.25) is 0 Å². The number of rotatable bonds is 6. The van der Waals surface area contributed by atoms with Crippen molar-refractivity contribution in [2.24, 2.45) is 5.41 Å². The van der Waals surface area contributed by atoms with Crippen molar-refractivity contribution in [1.29, 1.82) is 0 Å². The van der Waals surface area contributed by atoms with Crippen LogP contribution in [-0.4, -0.2) is 6.61 Å². The van der Waals surface area contributed by atoms with Crippen molar-refractivity contribution in [2.75, 3.05) is 6.61 Å². The number of allylic oxidation sites excluding steroid dienone is 1. The van der Waals surface area contributed by atoms with Gasteiger partial charge in [0.1, 0.15) is 5.75 Å². The number of ether oxygens (including phenoxy) is 1. The molecule has 0 radical (unpaired) electrons. The molecular weight excluding hydrogens is 267 g/mol. The standard InChI is InChI=1S/C15H20Cl2O/c1-5-7-11-8-12(16)9-13(17)14(11)18-10-15(3,4)6-2/h5,8-9H,1,6-7,10H2,2-4H3. The maximum atomic E-state index is 6.20. The van der Waals surface area contributed by atoms with E-state index in [0.717, 1.165) is 17.7 Å². The molecule has 0 aliphatic heterocycles. The minimum Gasteiger partial charge on any atom is -0.491 e. The first-order chi connectivity index (χ1) is 8.39. The van der Waals surface area contributed by atoms with Crippen molar-refractivity contribution in [3.8, 4) is 5.75 Å². The summed E-state index contributed by atoms with van der Waals surface area (Å²) in [6, 6.07) is 3.59. The summed E-state index contributed by atoms with van der Waals surface area (Å²) in [7, 11) is 0. The van der Waals surface area contributed by atoms with Crippen LogP contribution in [0.25, 0.3) is 0 Å². The Labute approximate surface area is 120 Å². The van der Waals surface area contributed by atoms with Gasteiger partial charge in [-0.3, -0.25) is 0 Å². The Hall–Kier alpha value is -0.660. The van der Waals surface area contributed by atoms with Gasteiger partial charge in [-0.05, 0) is 30.4 Å². The molecule has 0 N–H and O–H groups in total. The first-order valence-corrected chi connectivity index (χ1v) is 6.87. The first kappa shape index (κ1) is 15.4. The second kappa shape index (κ2) is 6.49. The molecule has 0 bridgehead atoms. The largest absolute Gasteiger partial charge is 0.491 e. The maximum absolute atomic E-state index is 6.20. The number of hydrogen-bond acceptors (Lipinski definition) is 1. The molecule has 0 saturated carbocycles. The molecule has 0 aliphatic carbocycles. The normalized spacial score (nSPS) is 11.4. The zero-order chi connectivity index (χ0) is 13.8. The summed E-state index contributed by atoms with van der Waals surface area (Å²) in [6.45, 7) is 10.9. The number of benzene rings is 1. The van der Waals surface area contributed by atoms with E-state index in [2.05, 4.69) is 27.4 Å². The molecule has 1 aromatic carbocycles. The zero-order valence-electron chi connectivity index (χ0n) is 11.2. The Morgan fingerprint density at radius 1 is 1.33 bits per heavy atom. The fraction of sp³-hybridized carbons (Fsp3) is 0.467. The van der Waals surface area contributed by atoms with Gasteiger partial charge >= 0.3 is 0 Å². The van der Waals surface area contributed by atoms with Crippen LogP contribution in [0.4, 0.5) is 0 Å². The van der Waals surface area contributed by atoms with E-state index in [9.17, 15) is 0 Å². The van der Waals surface area contributed by atoms with Crippen LogP contribution >= 0.6 is 23.2 Å². The lowest BCUT2D eigenvalue weighted by atomic mass is 9.92. The second-order valence-electron chi connectivity index (χ2n) is 5.18. The van der Waals surface area contributed by atoms with Crippen molar-refractivity contribution in [2.45, 2.75) is 33.6 Å². The smallest absolute Gasteiger partial charge is 0.141 e. The molecule has 3 heteroatoms. The topological polar surface area (TPSA) is 9.23 Å². The maximum Gasteiger partial charge on any atom is 0.141 e. The number of halogens is 2. The molecule has 100 valence electrons. The van der Waals surface area contributed by atoms with Crippen molar-refractivity contribution >= 4 is 23.2 Å². The fourth-order valence-electron chi connectivity index (χ4n) is 1.45. The molecule has 0 saturated heterocycles. The lowest BCUT2D eigenvalue weighted by Gasteiger charge is -2.24. The van der Waals surface area contributed by atoms with E-state index >= 15 is 0 Å². The molecule has 0 unspecified atom stereocenters. The average molecular weight is 287 g/mol. The van der Waals surface area contributed by atoms with Gasteiger partial charge < -0.3 is 4.74 Å². The third-order valence-corrected chi connectivity index (χ3v) is 3.51. The molecule has 0 spiro atoms. The van der Waals surface area contributed by atoms with Crippen LogP contribution in [0.1, 0.15) is 32.8 Å². The van der Waals surface area contributed by atoms with Crippen molar-refractivity contribution in [3.63, 3.8) is 0 Å². The third kappa shape index (κ3) is 4.22. The molecule has 0 aromatic heterocycles. The van der Waals surface area contributed by atoms with Gasteiger partial charge in [-0.1, -0.05) is 50.0 Å². The third-order valence-electron chi connectivity index (χ3n) is 3.01. The second-order valence-corrected chi connectivity index (χ2v) is 6.02. The van der Waals surface area contributed by atoms with Crippen LogP contribution in [0.3, 0.4) is 0 Å². The Bertz CT molecular complexity index is 425. The predicted octanol–water partition coefficient (Wildman–Crippen LogP) is 5.54. The zero-order valence-corrected chi connectivity index (χ0v) is 12.7. The summed E-state index contributed by atoms with van der Waals surface area (Å²) in [4.78, 5) is 0. The highest BCUT2D eigenvalue weighted by Gasteiger charge is 2.18. The molecular formula is C15H20Cl2O. The van der Waals surface area contributed by atoms with Gasteiger partial charge in [-0.15, -0.1) is 6.58 Å². The van der Waals surface area contributed by atoms with E-state index in [1.54, 1.807) is 6.07 Å². The van der Waals surface area contributed by atoms with E-state index in [1.165, 1.54) is 0 Å². The van der Waals surface area contributed by atoms with Gasteiger partial charge in [-0.25, -0.2) is 0 Å². The van der Waals surface area contributed by atoms with Crippen LogP contribution in [0.15, 0.2) is 24.8 Å². The lowest BCUT2D eigenvalue weighted by molar-refractivity contribution is 0.174. The molecule has 0 amide bonds. The van der Waals surface area contributed by atoms with Crippen LogP contribution in [0, 0.1) is 5.41 Å². The van der Waals surface area contributed by atoms with Gasteiger partial charge in [0.15, 0.2) is 0 Å². The van der Waals surface area contributed by atoms with Crippen LogP contribution < -0.4 is 4.74 Å². The summed E-state index contributed by atoms with van der Waals surface area (Å²) >= 11 is 12.2. The van der Waals surface area contributed by atoms with E-state index in [-0.39, 0.29) is 5.41 Å². The van der Waals surface area contributed by atoms with Gasteiger partial charge in [0.05, 0.1) is 11.6 Å². The molecule has 1 nitrogen and oxygen atoms in total. The van der Waals surface area contributed by atoms with E-state index in [1.807, 2.05) is 12.1 Å². The minimum atomic E-state index is 0.133. The summed E-state index contributed by atoms with van der Waals surface area (Å²) in [5.41, 5.74) is 1.11. The highest BCUT2D eigenvalue weighted by molar-refractivity contribution is 6.35. The van der Waals surface area contributed by atoms with E-state index in [4.69, 9.17) is 27.9 Å². The quantitative estimate of drug-likeness (QED) is 0.624. The highest BCUT2D eigenvalue weighted by Crippen LogP contribution is 2.34. The summed E-state index contributed by atoms with van der Waals surface area (Å²) in [6.07, 6.45) is 3.57. The number of hydrogen-bond donors (Lipinski definition) is 0. The van der Waals surface area contributed by atoms with Gasteiger partial charge in [-0.2, -0.15) is 0 Å². The molecule has 18 heavy (non-hydrogen) atoms. The minimum absolute atomic E-state index is 0.133. The summed E-state index contributed by atoms with van der Waals surface area (Å²) in [5.74, 6) is 0.725. The highest BCUT2D eigenvalue weighted by atomic mass is 35.5. The summed E-state index contributed by atoms with van der Waals surface area (Å²) in [5, 5.41) is 1.19. The average Bonchev–Trinajstić information content (AvgIpc) is 2.28. The van der Waals surface area contributed by atoms with Crippen molar-refractivity contribution in [1.82, 2.24) is 0 Å². The van der Waals surface area contributed by atoms with Crippen molar-refractivity contribution < 1.29 is 4.74 Å². The molecule has 0 aliphatic rings.